The molecule has 3 aromatic rings. The Kier molecular flexibility index (Phi) is 7.42. The Labute approximate surface area is 183 Å². The van der Waals surface area contributed by atoms with Crippen molar-refractivity contribution in [2.24, 2.45) is 0 Å². The summed E-state index contributed by atoms with van der Waals surface area (Å²) >= 11 is 0. The molecule has 32 heavy (non-hydrogen) atoms. The van der Waals surface area contributed by atoms with Crippen LogP contribution in [0.15, 0.2) is 72.9 Å². The van der Waals surface area contributed by atoms with Crippen LogP contribution in [0.1, 0.15) is 32.0 Å². The van der Waals surface area contributed by atoms with Crippen LogP contribution in [0.25, 0.3) is 6.08 Å². The molecule has 1 heterocycles. The number of methoxy groups -OCH3 is 1. The Morgan fingerprint density at radius 2 is 1.91 bits per heavy atom. The number of amides is 2. The molecule has 0 aliphatic rings. The summed E-state index contributed by atoms with van der Waals surface area (Å²) in [6.45, 7) is 0.0994. The highest BCUT2D eigenvalue weighted by molar-refractivity contribution is 6.02. The molecular formula is C24H20FN3O4. The Bertz CT molecular complexity index is 1160. The fraction of sp³-hybridized carbons (Fsp3) is 0.0833. The Balaban J connectivity index is 1.74. The monoisotopic (exact) mass is 433 g/mol. The van der Waals surface area contributed by atoms with Crippen LogP contribution in [0, 0.1) is 5.82 Å². The molecule has 0 aliphatic carbocycles. The van der Waals surface area contributed by atoms with Crippen molar-refractivity contribution < 1.29 is 23.5 Å². The lowest BCUT2D eigenvalue weighted by atomic mass is 10.1. The second-order valence-corrected chi connectivity index (χ2v) is 6.69. The fourth-order valence-corrected chi connectivity index (χ4v) is 2.84. The normalized spacial score (nSPS) is 10.6. The van der Waals surface area contributed by atoms with Crippen molar-refractivity contribution in [3.63, 3.8) is 0 Å². The first-order valence-corrected chi connectivity index (χ1v) is 9.61. The van der Waals surface area contributed by atoms with Gasteiger partial charge in [-0.1, -0.05) is 18.2 Å². The second-order valence-electron chi connectivity index (χ2n) is 6.69. The highest BCUT2D eigenvalue weighted by Gasteiger charge is 2.12. The van der Waals surface area contributed by atoms with Crippen LogP contribution >= 0.6 is 0 Å². The van der Waals surface area contributed by atoms with Crippen LogP contribution in [0.2, 0.25) is 0 Å². The van der Waals surface area contributed by atoms with Gasteiger partial charge in [0.1, 0.15) is 11.5 Å². The van der Waals surface area contributed by atoms with Gasteiger partial charge in [0, 0.05) is 24.5 Å². The lowest BCUT2D eigenvalue weighted by Gasteiger charge is -2.10. The summed E-state index contributed by atoms with van der Waals surface area (Å²) in [5, 5.41) is 5.37. The summed E-state index contributed by atoms with van der Waals surface area (Å²) in [5.41, 5.74) is 1.90. The zero-order chi connectivity index (χ0) is 22.9. The minimum absolute atomic E-state index is 0.0994. The highest BCUT2D eigenvalue weighted by Crippen LogP contribution is 2.17. The van der Waals surface area contributed by atoms with Crippen molar-refractivity contribution in [3.8, 4) is 0 Å². The van der Waals surface area contributed by atoms with E-state index in [4.69, 9.17) is 4.74 Å². The number of halogens is 1. The van der Waals surface area contributed by atoms with Crippen molar-refractivity contribution in [1.29, 1.82) is 0 Å². The molecule has 0 atom stereocenters. The van der Waals surface area contributed by atoms with Gasteiger partial charge in [0.25, 0.3) is 5.91 Å². The minimum atomic E-state index is -0.589. The molecule has 0 aliphatic heterocycles. The minimum Gasteiger partial charge on any atom is -0.465 e. The number of benzene rings is 2. The number of nitrogens with zero attached hydrogens (tertiary/aromatic N) is 1. The molecule has 0 bridgehead atoms. The molecule has 2 aromatic carbocycles. The molecule has 0 spiro atoms. The smallest absolute Gasteiger partial charge is 0.337 e. The number of hydrogen-bond donors (Lipinski definition) is 2. The number of carbonyl (C=O) groups excluding carboxylic acids is 3. The van der Waals surface area contributed by atoms with E-state index in [1.54, 1.807) is 36.4 Å². The number of pyridine rings is 1. The Morgan fingerprint density at radius 1 is 1.06 bits per heavy atom. The number of nitrogens with one attached hydrogen (secondary N) is 2. The second kappa shape index (κ2) is 10.6. The van der Waals surface area contributed by atoms with Crippen molar-refractivity contribution in [2.45, 2.75) is 6.54 Å². The maximum atomic E-state index is 13.3. The van der Waals surface area contributed by atoms with Gasteiger partial charge in [-0.3, -0.25) is 14.6 Å². The lowest BCUT2D eigenvalue weighted by molar-refractivity contribution is -0.111. The summed E-state index contributed by atoms with van der Waals surface area (Å²) in [6, 6.07) is 15.4. The van der Waals surface area contributed by atoms with Gasteiger partial charge in [0.05, 0.1) is 12.7 Å². The van der Waals surface area contributed by atoms with Gasteiger partial charge in [-0.2, -0.15) is 0 Å². The standard InChI is InChI=1S/C24H20FN3O4/c1-32-24(31)18-11-17(15-27-23(30)21-7-2-3-10-26-21)13-20(14-18)28-22(29)9-8-16-5-4-6-19(25)12-16/h2-14H,15H2,1H3,(H,27,30)(H,28,29). The van der Waals surface area contributed by atoms with E-state index in [0.717, 1.165) is 0 Å². The molecule has 3 rings (SSSR count). The third-order valence-electron chi connectivity index (χ3n) is 4.31. The first-order valence-electron chi connectivity index (χ1n) is 9.61. The van der Waals surface area contributed by atoms with Crippen molar-refractivity contribution >= 4 is 29.5 Å². The number of aromatic nitrogens is 1. The maximum absolute atomic E-state index is 13.3. The zero-order valence-electron chi connectivity index (χ0n) is 17.2. The first-order chi connectivity index (χ1) is 15.4. The summed E-state index contributed by atoms with van der Waals surface area (Å²) in [5.74, 6) is -1.85. The third kappa shape index (κ3) is 6.33. The maximum Gasteiger partial charge on any atom is 0.337 e. The van der Waals surface area contributed by atoms with Crippen LogP contribution in [-0.4, -0.2) is 29.9 Å². The van der Waals surface area contributed by atoms with Gasteiger partial charge >= 0.3 is 5.97 Å². The summed E-state index contributed by atoms with van der Waals surface area (Å²) < 4.78 is 18.0. The quantitative estimate of drug-likeness (QED) is 0.438. The average Bonchev–Trinajstić information content (AvgIpc) is 2.81. The number of esters is 1. The topological polar surface area (TPSA) is 97.4 Å². The molecule has 8 heteroatoms. The molecule has 0 fully saturated rings. The van der Waals surface area contributed by atoms with Crippen LogP contribution in [-0.2, 0) is 16.1 Å². The van der Waals surface area contributed by atoms with Gasteiger partial charge in [-0.05, 0) is 59.7 Å². The SMILES string of the molecule is COC(=O)c1cc(CNC(=O)c2ccccn2)cc(NC(=O)C=Cc2cccc(F)c2)c1. The van der Waals surface area contributed by atoms with E-state index in [1.165, 1.54) is 49.7 Å². The molecule has 7 nitrogen and oxygen atoms in total. The van der Waals surface area contributed by atoms with Crippen molar-refractivity contribution in [1.82, 2.24) is 10.3 Å². The Hall–Kier alpha value is -4.33. The van der Waals surface area contributed by atoms with E-state index in [9.17, 15) is 18.8 Å². The molecule has 2 amide bonds. The molecule has 0 radical (unpaired) electrons. The molecule has 2 N–H and O–H groups in total. The van der Waals surface area contributed by atoms with Gasteiger partial charge < -0.3 is 15.4 Å². The molecular weight excluding hydrogens is 413 g/mol. The zero-order valence-corrected chi connectivity index (χ0v) is 17.2. The van der Waals surface area contributed by atoms with Crippen molar-refractivity contribution in [3.05, 3.63) is 101 Å². The van der Waals surface area contributed by atoms with Crippen molar-refractivity contribution in [2.75, 3.05) is 12.4 Å². The first kappa shape index (κ1) is 22.4. The largest absolute Gasteiger partial charge is 0.465 e. The third-order valence-corrected chi connectivity index (χ3v) is 4.31. The van der Waals surface area contributed by atoms with E-state index < -0.39 is 17.7 Å². The van der Waals surface area contributed by atoms with E-state index in [1.807, 2.05) is 0 Å². The van der Waals surface area contributed by atoms with E-state index in [0.29, 0.717) is 16.8 Å². The highest BCUT2D eigenvalue weighted by atomic mass is 19.1. The Morgan fingerprint density at radius 3 is 2.62 bits per heavy atom. The van der Waals surface area contributed by atoms with E-state index in [-0.39, 0.29) is 23.7 Å². The van der Waals surface area contributed by atoms with Crippen LogP contribution in [0.3, 0.4) is 0 Å². The number of rotatable bonds is 7. The van der Waals surface area contributed by atoms with Crippen LogP contribution in [0.4, 0.5) is 10.1 Å². The number of hydrogen-bond acceptors (Lipinski definition) is 5. The molecule has 0 saturated carbocycles. The van der Waals surface area contributed by atoms with Gasteiger partial charge in [0.15, 0.2) is 0 Å². The number of anilines is 1. The molecule has 0 saturated heterocycles. The van der Waals surface area contributed by atoms with Gasteiger partial charge in [-0.15, -0.1) is 0 Å². The van der Waals surface area contributed by atoms with Gasteiger partial charge in [0.2, 0.25) is 5.91 Å². The lowest BCUT2D eigenvalue weighted by Crippen LogP contribution is -2.24. The fourth-order valence-electron chi connectivity index (χ4n) is 2.84. The number of ether oxygens (including phenoxy) is 1. The summed E-state index contributed by atoms with van der Waals surface area (Å²) in [7, 11) is 1.25. The van der Waals surface area contributed by atoms with Gasteiger partial charge in [-0.25, -0.2) is 9.18 Å². The summed E-state index contributed by atoms with van der Waals surface area (Å²) in [4.78, 5) is 40.5. The number of carbonyl (C=O) groups is 3. The molecule has 162 valence electrons. The van der Waals surface area contributed by atoms with Crippen LogP contribution in [0.5, 0.6) is 0 Å². The summed E-state index contributed by atoms with van der Waals surface area (Å²) in [6.07, 6.45) is 4.23. The predicted octanol–water partition coefficient (Wildman–Crippen LogP) is 3.59. The molecule has 1 aromatic heterocycles. The molecule has 0 unspecified atom stereocenters. The van der Waals surface area contributed by atoms with E-state index >= 15 is 0 Å². The van der Waals surface area contributed by atoms with E-state index in [2.05, 4.69) is 15.6 Å². The predicted molar refractivity (Wildman–Crippen MR) is 117 cm³/mol. The average molecular weight is 433 g/mol. The van der Waals surface area contributed by atoms with Crippen LogP contribution < -0.4 is 10.6 Å².